The molecule has 0 saturated carbocycles. The number of anilines is 1. The summed E-state index contributed by atoms with van der Waals surface area (Å²) in [4.78, 5) is 4.81. The molecule has 0 unspecified atom stereocenters. The molecule has 7 heteroatoms. The molecule has 0 atom stereocenters. The maximum atomic E-state index is 13.7. The predicted octanol–water partition coefficient (Wildman–Crippen LogP) is 4.02. The molecule has 3 rings (SSSR count). The number of likely N-dealkylation sites (tertiary alicyclic amines) is 1. The zero-order valence-corrected chi connectivity index (χ0v) is 13.8. The first kappa shape index (κ1) is 17.7. The quantitative estimate of drug-likeness (QED) is 0.665. The highest BCUT2D eigenvalue weighted by molar-refractivity contribution is 5.46. The Morgan fingerprint density at radius 2 is 1.64 bits per heavy atom. The van der Waals surface area contributed by atoms with E-state index in [2.05, 4.69) is 34.3 Å². The maximum Gasteiger partial charge on any atom is 0.253 e. The van der Waals surface area contributed by atoms with Gasteiger partial charge in [-0.1, -0.05) is 24.3 Å². The number of hydrogen-bond acceptors (Lipinski definition) is 3. The van der Waals surface area contributed by atoms with Crippen molar-refractivity contribution in [1.29, 1.82) is 0 Å². The molecular formula is C18H19F4N3. The number of nitrogens with zero attached hydrogens (tertiary/aromatic N) is 2. The highest BCUT2D eigenvalue weighted by atomic mass is 19.2. The first-order valence-electron chi connectivity index (χ1n) is 8.19. The van der Waals surface area contributed by atoms with Gasteiger partial charge in [0.1, 0.15) is 5.69 Å². The predicted molar refractivity (Wildman–Crippen MR) is 87.2 cm³/mol. The highest BCUT2D eigenvalue weighted by Crippen LogP contribution is 2.25. The van der Waals surface area contributed by atoms with Crippen LogP contribution in [0.3, 0.4) is 0 Å². The lowest BCUT2D eigenvalue weighted by Gasteiger charge is -2.33. The first-order chi connectivity index (χ1) is 12.0. The number of piperidine rings is 1. The number of aromatic nitrogens is 1. The van der Waals surface area contributed by atoms with Crippen LogP contribution in [-0.2, 0) is 6.54 Å². The molecule has 3 nitrogen and oxygen atoms in total. The summed E-state index contributed by atoms with van der Waals surface area (Å²) in [5, 5.41) is 2.60. The van der Waals surface area contributed by atoms with Gasteiger partial charge in [0.2, 0.25) is 11.6 Å². The average Bonchev–Trinajstić information content (AvgIpc) is 2.60. The van der Waals surface area contributed by atoms with Crippen molar-refractivity contribution in [2.24, 2.45) is 0 Å². The molecule has 0 bridgehead atoms. The maximum absolute atomic E-state index is 13.7. The fourth-order valence-electron chi connectivity index (χ4n) is 3.08. The second kappa shape index (κ2) is 7.39. The molecule has 1 saturated heterocycles. The Kier molecular flexibility index (Phi) is 5.22. The second-order valence-electron chi connectivity index (χ2n) is 6.32. The molecule has 1 N–H and O–H groups in total. The Bertz CT molecular complexity index is 732. The molecule has 2 aromatic rings. The lowest BCUT2D eigenvalue weighted by atomic mass is 10.0. The van der Waals surface area contributed by atoms with Crippen LogP contribution in [0.4, 0.5) is 23.2 Å². The fraction of sp³-hybridized carbons (Fsp3) is 0.389. The monoisotopic (exact) mass is 353 g/mol. The standard InChI is InChI=1S/C18H19F4N3/c1-11-4-2-3-5-12(11)10-25-8-6-13(7-9-25)23-16-14(19)17(21)24-18(22)15(16)20/h2-5,13H,6-10H2,1H3,(H,23,24). The van der Waals surface area contributed by atoms with Gasteiger partial charge < -0.3 is 5.32 Å². The molecule has 2 heterocycles. The molecule has 0 spiro atoms. The van der Waals surface area contributed by atoms with Crippen LogP contribution >= 0.6 is 0 Å². The fourth-order valence-corrected chi connectivity index (χ4v) is 3.08. The molecule has 1 aromatic carbocycles. The van der Waals surface area contributed by atoms with Crippen LogP contribution in [0.25, 0.3) is 0 Å². The summed E-state index contributed by atoms with van der Waals surface area (Å²) in [5.41, 5.74) is 1.68. The van der Waals surface area contributed by atoms with E-state index in [9.17, 15) is 17.6 Å². The molecule has 0 amide bonds. The summed E-state index contributed by atoms with van der Waals surface area (Å²) in [7, 11) is 0. The van der Waals surface area contributed by atoms with E-state index in [0.717, 1.165) is 19.6 Å². The molecule has 1 aromatic heterocycles. The Hall–Kier alpha value is -2.15. The highest BCUT2D eigenvalue weighted by Gasteiger charge is 2.25. The van der Waals surface area contributed by atoms with Crippen LogP contribution in [-0.4, -0.2) is 29.0 Å². The Labute approximate surface area is 143 Å². The van der Waals surface area contributed by atoms with Gasteiger partial charge in [0.25, 0.3) is 11.9 Å². The zero-order chi connectivity index (χ0) is 18.0. The summed E-state index contributed by atoms with van der Waals surface area (Å²) in [6, 6.07) is 7.87. The molecule has 1 aliphatic rings. The van der Waals surface area contributed by atoms with Gasteiger partial charge in [0.05, 0.1) is 0 Å². The number of pyridine rings is 1. The Morgan fingerprint density at radius 1 is 1.04 bits per heavy atom. The van der Waals surface area contributed by atoms with E-state index in [1.165, 1.54) is 11.1 Å². The largest absolute Gasteiger partial charge is 0.377 e. The van der Waals surface area contributed by atoms with E-state index in [4.69, 9.17) is 0 Å². The van der Waals surface area contributed by atoms with E-state index in [1.54, 1.807) is 0 Å². The third-order valence-corrected chi connectivity index (χ3v) is 4.59. The van der Waals surface area contributed by atoms with Crippen molar-refractivity contribution >= 4 is 5.69 Å². The summed E-state index contributed by atoms with van der Waals surface area (Å²) in [6.07, 6.45) is 1.24. The van der Waals surface area contributed by atoms with Gasteiger partial charge in [-0.15, -0.1) is 0 Å². The van der Waals surface area contributed by atoms with Gasteiger partial charge in [-0.2, -0.15) is 22.5 Å². The zero-order valence-electron chi connectivity index (χ0n) is 13.8. The van der Waals surface area contributed by atoms with Crippen LogP contribution in [0.2, 0.25) is 0 Å². The molecule has 1 aliphatic heterocycles. The molecular weight excluding hydrogens is 334 g/mol. The normalized spacial score (nSPS) is 16.2. The molecule has 25 heavy (non-hydrogen) atoms. The van der Waals surface area contributed by atoms with Crippen molar-refractivity contribution in [3.63, 3.8) is 0 Å². The lowest BCUT2D eigenvalue weighted by molar-refractivity contribution is 0.210. The number of nitrogens with one attached hydrogen (secondary N) is 1. The van der Waals surface area contributed by atoms with Gasteiger partial charge >= 0.3 is 0 Å². The van der Waals surface area contributed by atoms with E-state index in [1.807, 2.05) is 12.1 Å². The third-order valence-electron chi connectivity index (χ3n) is 4.59. The molecule has 0 radical (unpaired) electrons. The Balaban J connectivity index is 1.61. The van der Waals surface area contributed by atoms with Crippen molar-refractivity contribution in [3.05, 3.63) is 58.9 Å². The molecule has 0 aliphatic carbocycles. The molecule has 1 fully saturated rings. The van der Waals surface area contributed by atoms with Crippen LogP contribution in [0.5, 0.6) is 0 Å². The van der Waals surface area contributed by atoms with Crippen molar-refractivity contribution in [1.82, 2.24) is 9.88 Å². The smallest absolute Gasteiger partial charge is 0.253 e. The lowest BCUT2D eigenvalue weighted by Crippen LogP contribution is -2.39. The number of hydrogen-bond donors (Lipinski definition) is 1. The summed E-state index contributed by atoms with van der Waals surface area (Å²) in [6.45, 7) is 4.32. The van der Waals surface area contributed by atoms with Crippen LogP contribution in [0, 0.1) is 30.5 Å². The van der Waals surface area contributed by atoms with E-state index in [0.29, 0.717) is 12.8 Å². The number of benzene rings is 1. The Morgan fingerprint density at radius 3 is 2.24 bits per heavy atom. The first-order valence-corrected chi connectivity index (χ1v) is 8.19. The van der Waals surface area contributed by atoms with Gasteiger partial charge in [-0.25, -0.2) is 0 Å². The third kappa shape index (κ3) is 3.92. The van der Waals surface area contributed by atoms with E-state index in [-0.39, 0.29) is 6.04 Å². The van der Waals surface area contributed by atoms with E-state index >= 15 is 0 Å². The van der Waals surface area contributed by atoms with Gasteiger partial charge in [0.15, 0.2) is 0 Å². The number of aryl methyl sites for hydroxylation is 1. The SMILES string of the molecule is Cc1ccccc1CN1CCC(Nc2c(F)c(F)nc(F)c2F)CC1. The van der Waals surface area contributed by atoms with Crippen LogP contribution < -0.4 is 5.32 Å². The van der Waals surface area contributed by atoms with Crippen LogP contribution in [0.15, 0.2) is 24.3 Å². The molecule has 134 valence electrons. The minimum absolute atomic E-state index is 0.252. The van der Waals surface area contributed by atoms with Crippen molar-refractivity contribution in [2.45, 2.75) is 32.4 Å². The second-order valence-corrected chi connectivity index (χ2v) is 6.32. The van der Waals surface area contributed by atoms with Crippen molar-refractivity contribution in [2.75, 3.05) is 18.4 Å². The van der Waals surface area contributed by atoms with Crippen molar-refractivity contribution < 1.29 is 17.6 Å². The average molecular weight is 353 g/mol. The van der Waals surface area contributed by atoms with Crippen molar-refractivity contribution in [3.8, 4) is 0 Å². The minimum atomic E-state index is -1.64. The van der Waals surface area contributed by atoms with Crippen LogP contribution in [0.1, 0.15) is 24.0 Å². The topological polar surface area (TPSA) is 28.2 Å². The van der Waals surface area contributed by atoms with E-state index < -0.39 is 29.2 Å². The van der Waals surface area contributed by atoms with Gasteiger partial charge in [0, 0.05) is 25.7 Å². The number of halogens is 4. The number of rotatable bonds is 4. The summed E-state index contributed by atoms with van der Waals surface area (Å²) in [5.74, 6) is -6.25. The summed E-state index contributed by atoms with van der Waals surface area (Å²) < 4.78 is 53.7. The summed E-state index contributed by atoms with van der Waals surface area (Å²) >= 11 is 0. The van der Waals surface area contributed by atoms with Gasteiger partial charge in [-0.3, -0.25) is 4.90 Å². The minimum Gasteiger partial charge on any atom is -0.377 e. The van der Waals surface area contributed by atoms with Gasteiger partial charge in [-0.05, 0) is 30.9 Å².